The van der Waals surface area contributed by atoms with E-state index in [2.05, 4.69) is 5.32 Å². The summed E-state index contributed by atoms with van der Waals surface area (Å²) in [6.07, 6.45) is 0.913. The van der Waals surface area contributed by atoms with E-state index < -0.39 is 9.84 Å². The molecule has 0 heterocycles. The molecule has 0 aliphatic carbocycles. The highest BCUT2D eigenvalue weighted by Gasteiger charge is 2.26. The smallest absolute Gasteiger partial charge is 0.181 e. The minimum atomic E-state index is -3.47. The van der Waals surface area contributed by atoms with E-state index in [-0.39, 0.29) is 27.6 Å². The van der Waals surface area contributed by atoms with Crippen LogP contribution in [-0.2, 0) is 9.84 Å². The summed E-state index contributed by atoms with van der Waals surface area (Å²) < 4.78 is 25.1. The lowest BCUT2D eigenvalue weighted by atomic mass is 10.0. The molecule has 20 heavy (non-hydrogen) atoms. The maximum Gasteiger partial charge on any atom is 0.181 e. The lowest BCUT2D eigenvalue weighted by molar-refractivity contribution is 0.398. The molecule has 1 N–H and O–H groups in total. The van der Waals surface area contributed by atoms with Gasteiger partial charge in [-0.15, -0.1) is 0 Å². The third kappa shape index (κ3) is 4.62. The Hall–Kier alpha value is -0.290. The van der Waals surface area contributed by atoms with Gasteiger partial charge in [0.1, 0.15) is 0 Å². The van der Waals surface area contributed by atoms with Gasteiger partial charge in [0.25, 0.3) is 0 Å². The van der Waals surface area contributed by atoms with Gasteiger partial charge in [-0.3, -0.25) is 0 Å². The van der Waals surface area contributed by atoms with Crippen molar-refractivity contribution in [3.63, 3.8) is 0 Å². The monoisotopic (exact) mass is 337 g/mol. The number of rotatable bonds is 7. The van der Waals surface area contributed by atoms with E-state index in [1.54, 1.807) is 6.07 Å². The molecule has 0 amide bonds. The van der Waals surface area contributed by atoms with E-state index in [1.165, 1.54) is 12.1 Å². The van der Waals surface area contributed by atoms with Crippen LogP contribution in [0.4, 0.5) is 0 Å². The van der Waals surface area contributed by atoms with Crippen molar-refractivity contribution in [2.45, 2.75) is 38.1 Å². The van der Waals surface area contributed by atoms with Gasteiger partial charge in [-0.2, -0.15) is 0 Å². The van der Waals surface area contributed by atoms with Gasteiger partial charge >= 0.3 is 0 Å². The van der Waals surface area contributed by atoms with Crippen molar-refractivity contribution in [3.8, 4) is 0 Å². The van der Waals surface area contributed by atoms with Gasteiger partial charge in [-0.25, -0.2) is 8.42 Å². The van der Waals surface area contributed by atoms with E-state index in [0.29, 0.717) is 5.02 Å². The van der Waals surface area contributed by atoms with Gasteiger partial charge in [0, 0.05) is 11.1 Å². The van der Waals surface area contributed by atoms with Crippen molar-refractivity contribution in [2.24, 2.45) is 5.92 Å². The van der Waals surface area contributed by atoms with Gasteiger partial charge in [0.2, 0.25) is 0 Å². The predicted octanol–water partition coefficient (Wildman–Crippen LogP) is 3.79. The number of benzene rings is 1. The molecule has 0 saturated heterocycles. The number of halogens is 2. The fourth-order valence-corrected chi connectivity index (χ4v) is 4.49. The summed E-state index contributed by atoms with van der Waals surface area (Å²) in [6, 6.07) is 4.42. The minimum Gasteiger partial charge on any atom is -0.313 e. The Morgan fingerprint density at radius 3 is 2.45 bits per heavy atom. The molecule has 0 fully saturated rings. The Balaban J connectivity index is 3.06. The molecular weight excluding hydrogens is 317 g/mol. The quantitative estimate of drug-likeness (QED) is 0.823. The number of hydrogen-bond donors (Lipinski definition) is 1. The predicted molar refractivity (Wildman–Crippen MR) is 85.4 cm³/mol. The zero-order chi connectivity index (χ0) is 15.3. The summed E-state index contributed by atoms with van der Waals surface area (Å²) in [7, 11) is -3.47. The molecule has 0 aliphatic rings. The second kappa shape index (κ2) is 7.64. The average Bonchev–Trinajstić information content (AvgIpc) is 2.39. The summed E-state index contributed by atoms with van der Waals surface area (Å²) in [4.78, 5) is 0.109. The van der Waals surface area contributed by atoms with E-state index in [4.69, 9.17) is 23.2 Å². The molecule has 0 aromatic heterocycles. The summed E-state index contributed by atoms with van der Waals surface area (Å²) in [5, 5.41) is 3.83. The van der Waals surface area contributed by atoms with Crippen LogP contribution in [0.2, 0.25) is 10.0 Å². The molecule has 0 radical (unpaired) electrons. The van der Waals surface area contributed by atoms with Gasteiger partial charge in [-0.1, -0.05) is 50.4 Å². The third-order valence-corrected chi connectivity index (χ3v) is 5.91. The molecular formula is C14H21Cl2NO2S. The van der Waals surface area contributed by atoms with Crippen LogP contribution in [0, 0.1) is 5.92 Å². The number of nitrogens with one attached hydrogen (secondary N) is 1. The number of hydrogen-bond acceptors (Lipinski definition) is 3. The fourth-order valence-electron chi connectivity index (χ4n) is 2.01. The van der Waals surface area contributed by atoms with Crippen LogP contribution in [-0.4, -0.2) is 26.8 Å². The Kier molecular flexibility index (Phi) is 6.79. The fraction of sp³-hybridized carbons (Fsp3) is 0.571. The molecule has 0 spiro atoms. The summed E-state index contributed by atoms with van der Waals surface area (Å²) in [6.45, 7) is 6.79. The first-order chi connectivity index (χ1) is 9.31. The number of sulfone groups is 1. The van der Waals surface area contributed by atoms with E-state index in [1.807, 2.05) is 20.8 Å². The van der Waals surface area contributed by atoms with Crippen LogP contribution in [0.3, 0.4) is 0 Å². The van der Waals surface area contributed by atoms with Crippen molar-refractivity contribution in [1.29, 1.82) is 0 Å². The van der Waals surface area contributed by atoms with Gasteiger partial charge in [-0.05, 0) is 30.7 Å². The zero-order valence-electron chi connectivity index (χ0n) is 12.0. The lowest BCUT2D eigenvalue weighted by Gasteiger charge is -2.24. The topological polar surface area (TPSA) is 46.2 Å². The molecule has 2 unspecified atom stereocenters. The minimum absolute atomic E-state index is 0.0237. The first-order valence-electron chi connectivity index (χ1n) is 6.73. The molecule has 0 bridgehead atoms. The van der Waals surface area contributed by atoms with E-state index in [9.17, 15) is 8.42 Å². The molecule has 114 valence electrons. The highest BCUT2D eigenvalue weighted by molar-refractivity contribution is 7.91. The van der Waals surface area contributed by atoms with Gasteiger partial charge in [0.15, 0.2) is 9.84 Å². The largest absolute Gasteiger partial charge is 0.313 e. The molecule has 1 aromatic rings. The Bertz CT molecular complexity index is 546. The highest BCUT2D eigenvalue weighted by Crippen LogP contribution is 2.27. The molecule has 0 saturated carbocycles. The van der Waals surface area contributed by atoms with Crippen LogP contribution in [0.15, 0.2) is 23.1 Å². The Labute approximate surface area is 131 Å². The SMILES string of the molecule is CCNC(CS(=O)(=O)c1cc(Cl)ccc1Cl)C(C)CC. The van der Waals surface area contributed by atoms with E-state index in [0.717, 1.165) is 13.0 Å². The van der Waals surface area contributed by atoms with E-state index >= 15 is 0 Å². The zero-order valence-corrected chi connectivity index (χ0v) is 14.3. The maximum atomic E-state index is 12.5. The van der Waals surface area contributed by atoms with Crippen LogP contribution in [0.1, 0.15) is 27.2 Å². The standard InChI is InChI=1S/C14H21Cl2NO2S/c1-4-10(3)13(17-5-2)9-20(18,19)14-8-11(15)6-7-12(14)16/h6-8,10,13,17H,4-5,9H2,1-3H3. The Morgan fingerprint density at radius 1 is 1.25 bits per heavy atom. The maximum absolute atomic E-state index is 12.5. The van der Waals surface area contributed by atoms with Crippen molar-refractivity contribution in [3.05, 3.63) is 28.2 Å². The van der Waals surface area contributed by atoms with Crippen molar-refractivity contribution < 1.29 is 8.42 Å². The highest BCUT2D eigenvalue weighted by atomic mass is 35.5. The third-order valence-electron chi connectivity index (χ3n) is 3.42. The summed E-state index contributed by atoms with van der Waals surface area (Å²) in [5.41, 5.74) is 0. The molecule has 1 aromatic carbocycles. The molecule has 1 rings (SSSR count). The second-order valence-corrected chi connectivity index (χ2v) is 7.75. The molecule has 2 atom stereocenters. The second-order valence-electron chi connectivity index (χ2n) is 4.91. The first-order valence-corrected chi connectivity index (χ1v) is 9.13. The summed E-state index contributed by atoms with van der Waals surface area (Å²) in [5.74, 6) is 0.290. The first kappa shape index (κ1) is 17.8. The molecule has 6 heteroatoms. The lowest BCUT2D eigenvalue weighted by Crippen LogP contribution is -2.40. The average molecular weight is 338 g/mol. The normalized spacial score (nSPS) is 15.1. The van der Waals surface area contributed by atoms with Crippen LogP contribution < -0.4 is 5.32 Å². The van der Waals surface area contributed by atoms with Gasteiger partial charge < -0.3 is 5.32 Å². The van der Waals surface area contributed by atoms with Crippen LogP contribution in [0.5, 0.6) is 0 Å². The van der Waals surface area contributed by atoms with Crippen molar-refractivity contribution in [2.75, 3.05) is 12.3 Å². The summed E-state index contributed by atoms with van der Waals surface area (Å²) >= 11 is 11.9. The Morgan fingerprint density at radius 2 is 1.90 bits per heavy atom. The van der Waals surface area contributed by atoms with Crippen molar-refractivity contribution in [1.82, 2.24) is 5.32 Å². The van der Waals surface area contributed by atoms with Crippen LogP contribution in [0.25, 0.3) is 0 Å². The van der Waals surface area contributed by atoms with Gasteiger partial charge in [0.05, 0.1) is 15.7 Å². The van der Waals surface area contributed by atoms with Crippen molar-refractivity contribution >= 4 is 33.0 Å². The molecule has 0 aliphatic heterocycles. The molecule has 3 nitrogen and oxygen atoms in total. The van der Waals surface area contributed by atoms with Crippen LogP contribution >= 0.6 is 23.2 Å².